The van der Waals surface area contributed by atoms with Gasteiger partial charge in [0.25, 0.3) is 15.7 Å². The first-order chi connectivity index (χ1) is 12.7. The molecule has 0 saturated heterocycles. The van der Waals surface area contributed by atoms with Crippen LogP contribution in [0, 0.1) is 24.0 Å². The summed E-state index contributed by atoms with van der Waals surface area (Å²) in [5.74, 6) is 0.242. The number of aromatic nitrogens is 2. The van der Waals surface area contributed by atoms with Crippen LogP contribution >= 0.6 is 11.6 Å². The number of nitro benzene ring substituents is 1. The van der Waals surface area contributed by atoms with Crippen LogP contribution in [0.2, 0.25) is 5.02 Å². The third kappa shape index (κ3) is 3.93. The average Bonchev–Trinajstić information content (AvgIpc) is 2.94. The lowest BCUT2D eigenvalue weighted by molar-refractivity contribution is -0.385. The van der Waals surface area contributed by atoms with Gasteiger partial charge in [0.05, 0.1) is 21.2 Å². The summed E-state index contributed by atoms with van der Waals surface area (Å²) in [4.78, 5) is 10.3. The van der Waals surface area contributed by atoms with Crippen LogP contribution in [0.15, 0.2) is 53.4 Å². The minimum Gasteiger partial charge on any atom is -0.263 e. The van der Waals surface area contributed by atoms with Crippen LogP contribution in [0.1, 0.15) is 11.3 Å². The second-order valence-electron chi connectivity index (χ2n) is 5.87. The van der Waals surface area contributed by atoms with Crippen molar-refractivity contribution in [3.63, 3.8) is 0 Å². The standard InChI is InChI=1S/C17H15ClN4O4S/c1-11-9-15(7-8-16(11)22(23)24)27(25,26)20-17-10-12(2)19-21(17)14-5-3-13(18)4-6-14/h3-10,20H,1-2H3. The molecule has 27 heavy (non-hydrogen) atoms. The van der Waals surface area contributed by atoms with Crippen LogP contribution in [0.5, 0.6) is 0 Å². The summed E-state index contributed by atoms with van der Waals surface area (Å²) in [7, 11) is -3.96. The molecule has 8 nitrogen and oxygen atoms in total. The van der Waals surface area contributed by atoms with E-state index in [1.165, 1.54) is 29.8 Å². The summed E-state index contributed by atoms with van der Waals surface area (Å²) in [5, 5.41) is 15.8. The molecule has 0 fully saturated rings. The van der Waals surface area contributed by atoms with Crippen molar-refractivity contribution in [1.82, 2.24) is 9.78 Å². The highest BCUT2D eigenvalue weighted by Crippen LogP contribution is 2.25. The molecule has 0 saturated carbocycles. The number of rotatable bonds is 5. The van der Waals surface area contributed by atoms with E-state index in [4.69, 9.17) is 11.6 Å². The lowest BCUT2D eigenvalue weighted by atomic mass is 10.2. The van der Waals surface area contributed by atoms with Gasteiger partial charge in [0.15, 0.2) is 0 Å². The van der Waals surface area contributed by atoms with Gasteiger partial charge in [0.2, 0.25) is 0 Å². The molecule has 0 aliphatic heterocycles. The number of aryl methyl sites for hydroxylation is 2. The van der Waals surface area contributed by atoms with Gasteiger partial charge in [-0.3, -0.25) is 14.8 Å². The van der Waals surface area contributed by atoms with Crippen molar-refractivity contribution < 1.29 is 13.3 Å². The number of hydrogen-bond acceptors (Lipinski definition) is 5. The van der Waals surface area contributed by atoms with Crippen LogP contribution in [0.4, 0.5) is 11.5 Å². The van der Waals surface area contributed by atoms with Crippen LogP contribution < -0.4 is 4.72 Å². The maximum atomic E-state index is 12.7. The van der Waals surface area contributed by atoms with E-state index in [-0.39, 0.29) is 22.0 Å². The fourth-order valence-corrected chi connectivity index (χ4v) is 3.79. The molecular weight excluding hydrogens is 392 g/mol. The third-order valence-electron chi connectivity index (χ3n) is 3.82. The summed E-state index contributed by atoms with van der Waals surface area (Å²) >= 11 is 5.89. The Labute approximate surface area is 160 Å². The van der Waals surface area contributed by atoms with E-state index < -0.39 is 14.9 Å². The van der Waals surface area contributed by atoms with Crippen molar-refractivity contribution in [2.75, 3.05) is 4.72 Å². The second-order valence-corrected chi connectivity index (χ2v) is 7.99. The Kier molecular flexibility index (Phi) is 4.90. The number of nitrogens with zero attached hydrogens (tertiary/aromatic N) is 3. The van der Waals surface area contributed by atoms with Crippen molar-refractivity contribution in [2.24, 2.45) is 0 Å². The molecule has 3 rings (SSSR count). The lowest BCUT2D eigenvalue weighted by Crippen LogP contribution is -2.16. The van der Waals surface area contributed by atoms with Crippen LogP contribution in [-0.2, 0) is 10.0 Å². The molecule has 0 radical (unpaired) electrons. The summed E-state index contributed by atoms with van der Waals surface area (Å²) < 4.78 is 29.4. The minimum absolute atomic E-state index is 0.0768. The van der Waals surface area contributed by atoms with Crippen molar-refractivity contribution in [3.8, 4) is 5.69 Å². The summed E-state index contributed by atoms with van der Waals surface area (Å²) in [6.07, 6.45) is 0. The van der Waals surface area contributed by atoms with E-state index in [0.717, 1.165) is 0 Å². The minimum atomic E-state index is -3.96. The van der Waals surface area contributed by atoms with Gasteiger partial charge in [-0.05, 0) is 50.2 Å². The third-order valence-corrected chi connectivity index (χ3v) is 5.42. The van der Waals surface area contributed by atoms with Crippen LogP contribution in [0.3, 0.4) is 0 Å². The number of nitrogens with one attached hydrogen (secondary N) is 1. The highest BCUT2D eigenvalue weighted by atomic mass is 35.5. The van der Waals surface area contributed by atoms with Gasteiger partial charge in [-0.1, -0.05) is 11.6 Å². The molecule has 0 aliphatic rings. The van der Waals surface area contributed by atoms with E-state index in [1.807, 2.05) is 0 Å². The SMILES string of the molecule is Cc1cc(NS(=O)(=O)c2ccc([N+](=O)[O-])c(C)c2)n(-c2ccc(Cl)cc2)n1. The van der Waals surface area contributed by atoms with Crippen molar-refractivity contribution in [3.05, 3.63) is 74.9 Å². The normalized spacial score (nSPS) is 11.4. The van der Waals surface area contributed by atoms with Gasteiger partial charge in [-0.25, -0.2) is 13.1 Å². The summed E-state index contributed by atoms with van der Waals surface area (Å²) in [6.45, 7) is 3.22. The fraction of sp³-hybridized carbons (Fsp3) is 0.118. The largest absolute Gasteiger partial charge is 0.272 e. The van der Waals surface area contributed by atoms with E-state index in [0.29, 0.717) is 16.4 Å². The molecule has 0 amide bonds. The maximum Gasteiger partial charge on any atom is 0.272 e. The number of benzene rings is 2. The second kappa shape index (κ2) is 7.01. The lowest BCUT2D eigenvalue weighted by Gasteiger charge is -2.11. The van der Waals surface area contributed by atoms with E-state index in [9.17, 15) is 18.5 Å². The van der Waals surface area contributed by atoms with Gasteiger partial charge in [-0.2, -0.15) is 5.10 Å². The Balaban J connectivity index is 1.98. The first-order valence-corrected chi connectivity index (χ1v) is 9.64. The smallest absolute Gasteiger partial charge is 0.263 e. The van der Waals surface area contributed by atoms with E-state index >= 15 is 0 Å². The van der Waals surface area contributed by atoms with Gasteiger partial charge in [0, 0.05) is 22.7 Å². The van der Waals surface area contributed by atoms with E-state index in [2.05, 4.69) is 9.82 Å². The monoisotopic (exact) mass is 406 g/mol. The molecule has 140 valence electrons. The van der Waals surface area contributed by atoms with Gasteiger partial charge >= 0.3 is 0 Å². The topological polar surface area (TPSA) is 107 Å². The fourth-order valence-electron chi connectivity index (χ4n) is 2.55. The Hall–Kier alpha value is -2.91. The van der Waals surface area contributed by atoms with Gasteiger partial charge in [0.1, 0.15) is 5.82 Å². The highest BCUT2D eigenvalue weighted by Gasteiger charge is 2.21. The molecule has 1 aromatic heterocycles. The molecule has 10 heteroatoms. The zero-order chi connectivity index (χ0) is 19.8. The number of halogens is 1. The highest BCUT2D eigenvalue weighted by molar-refractivity contribution is 7.92. The average molecular weight is 407 g/mol. The number of nitro groups is 1. The van der Waals surface area contributed by atoms with Crippen LogP contribution in [0.25, 0.3) is 5.69 Å². The summed E-state index contributed by atoms with van der Waals surface area (Å²) in [5.41, 5.74) is 1.36. The number of anilines is 1. The van der Waals surface area contributed by atoms with Crippen LogP contribution in [-0.4, -0.2) is 23.1 Å². The Morgan fingerprint density at radius 1 is 1.11 bits per heavy atom. The predicted molar refractivity (Wildman–Crippen MR) is 102 cm³/mol. The molecule has 0 atom stereocenters. The number of hydrogen-bond donors (Lipinski definition) is 1. The molecule has 0 aliphatic carbocycles. The molecule has 1 heterocycles. The molecule has 3 aromatic rings. The zero-order valence-electron chi connectivity index (χ0n) is 14.4. The molecule has 0 spiro atoms. The predicted octanol–water partition coefficient (Wildman–Crippen LogP) is 3.85. The first-order valence-electron chi connectivity index (χ1n) is 7.78. The Morgan fingerprint density at radius 3 is 2.37 bits per heavy atom. The van der Waals surface area contributed by atoms with E-state index in [1.54, 1.807) is 37.3 Å². The van der Waals surface area contributed by atoms with Crippen molar-refractivity contribution >= 4 is 33.1 Å². The quantitative estimate of drug-likeness (QED) is 0.511. The van der Waals surface area contributed by atoms with Gasteiger partial charge < -0.3 is 0 Å². The number of sulfonamides is 1. The first kappa shape index (κ1) is 18.9. The zero-order valence-corrected chi connectivity index (χ0v) is 16.0. The molecule has 1 N–H and O–H groups in total. The van der Waals surface area contributed by atoms with Crippen molar-refractivity contribution in [1.29, 1.82) is 0 Å². The molecule has 0 bridgehead atoms. The molecule has 2 aromatic carbocycles. The molecular formula is C17H15ClN4O4S. The Morgan fingerprint density at radius 2 is 1.78 bits per heavy atom. The molecule has 0 unspecified atom stereocenters. The maximum absolute atomic E-state index is 12.7. The van der Waals surface area contributed by atoms with Crippen molar-refractivity contribution in [2.45, 2.75) is 18.7 Å². The Bertz CT molecular complexity index is 1120. The summed E-state index contributed by atoms with van der Waals surface area (Å²) in [6, 6.07) is 12.0. The van der Waals surface area contributed by atoms with Gasteiger partial charge in [-0.15, -0.1) is 0 Å².